The molecule has 3 N–H and O–H groups in total. The molecule has 0 bridgehead atoms. The highest BCUT2D eigenvalue weighted by Gasteiger charge is 2.33. The van der Waals surface area contributed by atoms with Crippen molar-refractivity contribution < 1.29 is 14.3 Å². The van der Waals surface area contributed by atoms with E-state index >= 15 is 0 Å². The number of amides is 3. The number of rotatable bonds is 3. The first-order valence-corrected chi connectivity index (χ1v) is 7.02. The number of carbonyl (C=O) groups excluding carboxylic acids is 2. The van der Waals surface area contributed by atoms with Crippen molar-refractivity contribution in [3.05, 3.63) is 35.9 Å². The van der Waals surface area contributed by atoms with Crippen molar-refractivity contribution >= 4 is 11.9 Å². The number of benzene rings is 1. The zero-order valence-corrected chi connectivity index (χ0v) is 12.3. The highest BCUT2D eigenvalue weighted by atomic mass is 16.5. The van der Waals surface area contributed by atoms with Gasteiger partial charge < -0.3 is 10.5 Å². The highest BCUT2D eigenvalue weighted by molar-refractivity contribution is 5.96. The van der Waals surface area contributed by atoms with E-state index in [1.807, 2.05) is 49.1 Å². The number of nitrogens with one attached hydrogen (secondary N) is 1. The Balaban J connectivity index is 2.27. The van der Waals surface area contributed by atoms with Crippen molar-refractivity contribution in [1.82, 2.24) is 10.2 Å². The zero-order chi connectivity index (χ0) is 15.4. The van der Waals surface area contributed by atoms with E-state index in [2.05, 4.69) is 5.32 Å². The number of imide groups is 1. The number of hydrogen-bond acceptors (Lipinski definition) is 4. The molecular formula is C15H21N3O3. The Kier molecular flexibility index (Phi) is 4.93. The van der Waals surface area contributed by atoms with Crippen LogP contribution >= 0.6 is 0 Å². The largest absolute Gasteiger partial charge is 0.373 e. The van der Waals surface area contributed by atoms with Crippen LogP contribution in [0.2, 0.25) is 0 Å². The Morgan fingerprint density at radius 3 is 2.33 bits per heavy atom. The Labute approximate surface area is 124 Å². The van der Waals surface area contributed by atoms with Crippen LogP contribution in [0.3, 0.4) is 0 Å². The summed E-state index contributed by atoms with van der Waals surface area (Å²) in [6.45, 7) is 5.18. The molecule has 0 saturated carbocycles. The number of nitrogens with two attached hydrogens (primary N) is 1. The topological polar surface area (TPSA) is 84.7 Å². The number of hydrogen-bond donors (Lipinski definition) is 2. The van der Waals surface area contributed by atoms with Crippen LogP contribution in [0, 0.1) is 0 Å². The maximum atomic E-state index is 12.4. The first-order chi connectivity index (χ1) is 9.97. The summed E-state index contributed by atoms with van der Waals surface area (Å²) in [6.07, 6.45) is 0.0580. The van der Waals surface area contributed by atoms with Crippen LogP contribution in [0.4, 0.5) is 4.79 Å². The van der Waals surface area contributed by atoms with Gasteiger partial charge in [0.2, 0.25) is 5.91 Å². The quantitative estimate of drug-likeness (QED) is 0.871. The molecule has 0 spiro atoms. The van der Waals surface area contributed by atoms with Crippen molar-refractivity contribution in [1.29, 1.82) is 0 Å². The summed E-state index contributed by atoms with van der Waals surface area (Å²) in [5, 5.41) is 2.19. The number of primary amides is 1. The maximum Gasteiger partial charge on any atom is 0.318 e. The van der Waals surface area contributed by atoms with Gasteiger partial charge in [0.1, 0.15) is 6.04 Å². The molecule has 1 aromatic carbocycles. The monoisotopic (exact) mass is 291 g/mol. The summed E-state index contributed by atoms with van der Waals surface area (Å²) in [7, 11) is 0. The number of urea groups is 1. The van der Waals surface area contributed by atoms with Crippen LogP contribution < -0.4 is 11.1 Å². The number of ether oxygens (including phenoxy) is 1. The Bertz CT molecular complexity index is 496. The predicted molar refractivity (Wildman–Crippen MR) is 78.5 cm³/mol. The Morgan fingerprint density at radius 2 is 1.81 bits per heavy atom. The standard InChI is InChI=1S/C15H21N3O3/c1-10-8-18(9-11(2)21-10)13(14(19)17-15(16)20)12-6-4-3-5-7-12/h3-7,10-11,13H,8-9H2,1-2H3,(H3,16,17,19,20)/t10-,11-,13+/m1/s1. The molecule has 21 heavy (non-hydrogen) atoms. The van der Waals surface area contributed by atoms with Crippen LogP contribution in [0.1, 0.15) is 25.5 Å². The van der Waals surface area contributed by atoms with Gasteiger partial charge in [-0.05, 0) is 19.4 Å². The molecular weight excluding hydrogens is 270 g/mol. The molecule has 2 rings (SSSR count). The van der Waals surface area contributed by atoms with Gasteiger partial charge in [-0.15, -0.1) is 0 Å². The van der Waals surface area contributed by atoms with E-state index in [9.17, 15) is 9.59 Å². The Morgan fingerprint density at radius 1 is 1.24 bits per heavy atom. The van der Waals surface area contributed by atoms with E-state index in [4.69, 9.17) is 10.5 Å². The zero-order valence-electron chi connectivity index (χ0n) is 12.3. The Hall–Kier alpha value is -1.92. The van der Waals surface area contributed by atoms with Gasteiger partial charge >= 0.3 is 6.03 Å². The molecule has 0 radical (unpaired) electrons. The molecule has 1 aliphatic heterocycles. The van der Waals surface area contributed by atoms with Gasteiger partial charge in [-0.3, -0.25) is 15.0 Å². The highest BCUT2D eigenvalue weighted by Crippen LogP contribution is 2.25. The van der Waals surface area contributed by atoms with Crippen molar-refractivity contribution in [3.63, 3.8) is 0 Å². The lowest BCUT2D eigenvalue weighted by Crippen LogP contribution is -2.52. The van der Waals surface area contributed by atoms with E-state index < -0.39 is 18.0 Å². The smallest absolute Gasteiger partial charge is 0.318 e. The number of morpholine rings is 1. The predicted octanol–water partition coefficient (Wildman–Crippen LogP) is 1.03. The fourth-order valence-electron chi connectivity index (χ4n) is 2.78. The summed E-state index contributed by atoms with van der Waals surface area (Å²) >= 11 is 0. The lowest BCUT2D eigenvalue weighted by Gasteiger charge is -2.39. The van der Waals surface area contributed by atoms with E-state index in [1.54, 1.807) is 0 Å². The van der Waals surface area contributed by atoms with Gasteiger partial charge in [-0.2, -0.15) is 0 Å². The minimum Gasteiger partial charge on any atom is -0.373 e. The van der Waals surface area contributed by atoms with Crippen molar-refractivity contribution in [2.75, 3.05) is 13.1 Å². The van der Waals surface area contributed by atoms with E-state index in [-0.39, 0.29) is 12.2 Å². The van der Waals surface area contributed by atoms with Crippen molar-refractivity contribution in [3.8, 4) is 0 Å². The third-order valence-corrected chi connectivity index (χ3v) is 3.42. The molecule has 1 aliphatic rings. The normalized spacial score (nSPS) is 24.3. The molecule has 3 atom stereocenters. The minimum atomic E-state index is -0.838. The first kappa shape index (κ1) is 15.5. The second-order valence-electron chi connectivity index (χ2n) is 5.38. The molecule has 3 amide bonds. The maximum absolute atomic E-state index is 12.4. The lowest BCUT2D eigenvalue weighted by molar-refractivity contribution is -0.132. The SMILES string of the molecule is C[C@@H]1CN([C@H](C(=O)NC(N)=O)c2ccccc2)C[C@@H](C)O1. The van der Waals surface area contributed by atoms with Crippen molar-refractivity contribution in [2.45, 2.75) is 32.1 Å². The van der Waals surface area contributed by atoms with Crippen LogP contribution in [0.5, 0.6) is 0 Å². The summed E-state index contributed by atoms with van der Waals surface area (Å²) in [5.41, 5.74) is 5.91. The molecule has 1 aromatic rings. The molecule has 1 fully saturated rings. The van der Waals surface area contributed by atoms with E-state index in [0.29, 0.717) is 13.1 Å². The molecule has 0 unspecified atom stereocenters. The van der Waals surface area contributed by atoms with Crippen LogP contribution in [-0.4, -0.2) is 42.1 Å². The average Bonchev–Trinajstić information content (AvgIpc) is 2.38. The van der Waals surface area contributed by atoms with Gasteiger partial charge in [0.05, 0.1) is 12.2 Å². The van der Waals surface area contributed by atoms with Crippen molar-refractivity contribution in [2.24, 2.45) is 5.73 Å². The number of carbonyl (C=O) groups is 2. The fraction of sp³-hybridized carbons (Fsp3) is 0.467. The third-order valence-electron chi connectivity index (χ3n) is 3.42. The molecule has 6 heteroatoms. The second kappa shape index (κ2) is 6.69. The summed E-state index contributed by atoms with van der Waals surface area (Å²) in [4.78, 5) is 25.4. The average molecular weight is 291 g/mol. The fourth-order valence-corrected chi connectivity index (χ4v) is 2.78. The molecule has 114 valence electrons. The molecule has 6 nitrogen and oxygen atoms in total. The third kappa shape index (κ3) is 4.03. The summed E-state index contributed by atoms with van der Waals surface area (Å²) in [6, 6.07) is 7.98. The second-order valence-corrected chi connectivity index (χ2v) is 5.38. The lowest BCUT2D eigenvalue weighted by atomic mass is 10.0. The van der Waals surface area contributed by atoms with Crippen LogP contribution in [-0.2, 0) is 9.53 Å². The molecule has 0 aliphatic carbocycles. The molecule has 0 aromatic heterocycles. The van der Waals surface area contributed by atoms with Gasteiger partial charge in [-0.1, -0.05) is 30.3 Å². The van der Waals surface area contributed by atoms with E-state index in [0.717, 1.165) is 5.56 Å². The van der Waals surface area contributed by atoms with Crippen LogP contribution in [0.15, 0.2) is 30.3 Å². The molecule has 1 heterocycles. The first-order valence-electron chi connectivity index (χ1n) is 7.02. The van der Waals surface area contributed by atoms with Crippen LogP contribution in [0.25, 0.3) is 0 Å². The minimum absolute atomic E-state index is 0.0290. The van der Waals surface area contributed by atoms with Gasteiger partial charge in [0.15, 0.2) is 0 Å². The van der Waals surface area contributed by atoms with Gasteiger partial charge in [0, 0.05) is 13.1 Å². The summed E-state index contributed by atoms with van der Waals surface area (Å²) in [5.74, 6) is -0.407. The van der Waals surface area contributed by atoms with E-state index in [1.165, 1.54) is 0 Å². The van der Waals surface area contributed by atoms with Gasteiger partial charge in [-0.25, -0.2) is 4.79 Å². The number of nitrogens with zero attached hydrogens (tertiary/aromatic N) is 1. The molecule has 1 saturated heterocycles. The van der Waals surface area contributed by atoms with Gasteiger partial charge in [0.25, 0.3) is 0 Å². The summed E-state index contributed by atoms with van der Waals surface area (Å²) < 4.78 is 5.70.